The van der Waals surface area contributed by atoms with E-state index in [2.05, 4.69) is 44.1 Å². The Hall–Kier alpha value is -1.31. The van der Waals surface area contributed by atoms with Crippen molar-refractivity contribution in [3.63, 3.8) is 0 Å². The van der Waals surface area contributed by atoms with Crippen LogP contribution >= 0.6 is 0 Å². The predicted octanol–water partition coefficient (Wildman–Crippen LogP) is 4.05. The van der Waals surface area contributed by atoms with E-state index in [0.29, 0.717) is 5.92 Å². The molecule has 2 aromatic heterocycles. The van der Waals surface area contributed by atoms with Crippen LogP contribution in [0.3, 0.4) is 0 Å². The normalized spacial score (nSPS) is 10.4. The summed E-state index contributed by atoms with van der Waals surface area (Å²) in [6, 6.07) is 6.51. The molecule has 0 aromatic carbocycles. The lowest BCUT2D eigenvalue weighted by Crippen LogP contribution is -1.91. The molecule has 88 valence electrons. The van der Waals surface area contributed by atoms with Crippen molar-refractivity contribution in [2.75, 3.05) is 0 Å². The molecule has 2 rings (SSSR count). The van der Waals surface area contributed by atoms with Gasteiger partial charge in [-0.25, -0.2) is 4.52 Å². The zero-order valence-corrected chi connectivity index (χ0v) is 11.0. The van der Waals surface area contributed by atoms with E-state index in [1.807, 2.05) is 24.6 Å². The average molecular weight is 218 g/mol. The molecule has 0 bridgehead atoms. The van der Waals surface area contributed by atoms with Gasteiger partial charge in [-0.2, -0.15) is 5.10 Å². The molecule has 0 unspecified atom stereocenters. The molecule has 0 amide bonds. The molecule has 0 fully saturated rings. The first-order valence-corrected chi connectivity index (χ1v) is 6.19. The monoisotopic (exact) mass is 218 g/mol. The third-order valence-electron chi connectivity index (χ3n) is 2.55. The molecule has 0 saturated carbocycles. The Morgan fingerprint density at radius 3 is 2.50 bits per heavy atom. The molecule has 0 aliphatic heterocycles. The summed E-state index contributed by atoms with van der Waals surface area (Å²) < 4.78 is 1.95. The molecule has 16 heavy (non-hydrogen) atoms. The van der Waals surface area contributed by atoms with Crippen LogP contribution < -0.4 is 0 Å². The molecule has 2 heterocycles. The molecule has 2 aromatic rings. The van der Waals surface area contributed by atoms with Crippen molar-refractivity contribution in [3.05, 3.63) is 35.7 Å². The van der Waals surface area contributed by atoms with Crippen LogP contribution in [-0.2, 0) is 6.42 Å². The van der Waals surface area contributed by atoms with Gasteiger partial charge in [-0.3, -0.25) is 0 Å². The molecule has 0 N–H and O–H groups in total. The largest absolute Gasteiger partial charge is 0.241 e. The highest BCUT2D eigenvalue weighted by molar-refractivity contribution is 5.50. The van der Waals surface area contributed by atoms with E-state index in [0.717, 1.165) is 6.42 Å². The lowest BCUT2D eigenvalue weighted by molar-refractivity contribution is 0.788. The Kier molecular flexibility index (Phi) is 4.53. The van der Waals surface area contributed by atoms with E-state index in [1.54, 1.807) is 0 Å². The highest BCUT2D eigenvalue weighted by Gasteiger charge is 2.05. The van der Waals surface area contributed by atoms with Crippen molar-refractivity contribution in [1.29, 1.82) is 0 Å². The number of fused-ring (bicyclic) bond motifs is 1. The number of hydrogen-bond donors (Lipinski definition) is 0. The van der Waals surface area contributed by atoms with Crippen molar-refractivity contribution in [2.45, 2.75) is 47.0 Å². The molecule has 0 spiro atoms. The fraction of sp³-hybridized carbons (Fsp3) is 0.500. The van der Waals surface area contributed by atoms with E-state index >= 15 is 0 Å². The van der Waals surface area contributed by atoms with Crippen molar-refractivity contribution in [2.24, 2.45) is 0 Å². The minimum atomic E-state index is 0.500. The fourth-order valence-electron chi connectivity index (χ4n) is 1.56. The van der Waals surface area contributed by atoms with Crippen molar-refractivity contribution in [3.8, 4) is 0 Å². The van der Waals surface area contributed by atoms with Gasteiger partial charge in [-0.05, 0) is 36.1 Å². The van der Waals surface area contributed by atoms with Crippen LogP contribution in [0.5, 0.6) is 0 Å². The highest BCUT2D eigenvalue weighted by Crippen LogP contribution is 2.16. The second kappa shape index (κ2) is 5.69. The van der Waals surface area contributed by atoms with Gasteiger partial charge in [0.25, 0.3) is 0 Å². The van der Waals surface area contributed by atoms with Crippen molar-refractivity contribution >= 4 is 5.52 Å². The number of hydrogen-bond acceptors (Lipinski definition) is 1. The summed E-state index contributed by atoms with van der Waals surface area (Å²) in [7, 11) is 0. The van der Waals surface area contributed by atoms with Gasteiger partial charge in [-0.15, -0.1) is 0 Å². The standard InChI is InChI=1S/C12H16N2.C2H6/c1-4-10-5-6-14-11(7-10)8-12(13-14)9(2)3;1-2/h5-9H,4H2,1-3H3;1-2H3. The van der Waals surface area contributed by atoms with Gasteiger partial charge in [0, 0.05) is 6.20 Å². The minimum Gasteiger partial charge on any atom is -0.241 e. The highest BCUT2D eigenvalue weighted by atomic mass is 15.2. The molecule has 0 aliphatic carbocycles. The summed E-state index contributed by atoms with van der Waals surface area (Å²) in [5, 5.41) is 4.50. The Morgan fingerprint density at radius 2 is 1.94 bits per heavy atom. The Labute approximate surface area is 98.3 Å². The van der Waals surface area contributed by atoms with E-state index in [-0.39, 0.29) is 0 Å². The summed E-state index contributed by atoms with van der Waals surface area (Å²) in [6.45, 7) is 10.5. The van der Waals surface area contributed by atoms with Gasteiger partial charge in [0.05, 0.1) is 11.2 Å². The van der Waals surface area contributed by atoms with Crippen LogP contribution in [-0.4, -0.2) is 9.61 Å². The Bertz CT molecular complexity index is 441. The van der Waals surface area contributed by atoms with E-state index in [9.17, 15) is 0 Å². The first-order valence-electron chi connectivity index (χ1n) is 6.19. The second-order valence-electron chi connectivity index (χ2n) is 3.98. The molecule has 2 heteroatoms. The van der Waals surface area contributed by atoms with Crippen LogP contribution in [0.25, 0.3) is 5.52 Å². The Balaban J connectivity index is 0.000000606. The smallest absolute Gasteiger partial charge is 0.0667 e. The quantitative estimate of drug-likeness (QED) is 0.743. The van der Waals surface area contributed by atoms with Crippen molar-refractivity contribution in [1.82, 2.24) is 9.61 Å². The zero-order chi connectivity index (χ0) is 12.1. The third kappa shape index (κ3) is 2.63. The summed E-state index contributed by atoms with van der Waals surface area (Å²) in [4.78, 5) is 0. The lowest BCUT2D eigenvalue weighted by Gasteiger charge is -1.96. The first-order chi connectivity index (χ1) is 7.70. The molecule has 0 radical (unpaired) electrons. The Morgan fingerprint density at radius 1 is 1.25 bits per heavy atom. The van der Waals surface area contributed by atoms with Gasteiger partial charge < -0.3 is 0 Å². The van der Waals surface area contributed by atoms with E-state index in [1.165, 1.54) is 16.8 Å². The SMILES string of the molecule is CC.CCc1ccn2nc(C(C)C)cc2c1. The topological polar surface area (TPSA) is 17.3 Å². The minimum absolute atomic E-state index is 0.500. The van der Waals surface area contributed by atoms with Crippen LogP contribution in [0.1, 0.15) is 51.8 Å². The number of rotatable bonds is 2. The number of aromatic nitrogens is 2. The van der Waals surface area contributed by atoms with Crippen LogP contribution in [0, 0.1) is 0 Å². The van der Waals surface area contributed by atoms with Crippen LogP contribution in [0.15, 0.2) is 24.4 Å². The summed E-state index contributed by atoms with van der Waals surface area (Å²) in [6.07, 6.45) is 3.12. The summed E-state index contributed by atoms with van der Waals surface area (Å²) >= 11 is 0. The van der Waals surface area contributed by atoms with Gasteiger partial charge >= 0.3 is 0 Å². The number of nitrogens with zero attached hydrogens (tertiary/aromatic N) is 2. The third-order valence-corrected chi connectivity index (χ3v) is 2.55. The molecule has 0 saturated heterocycles. The van der Waals surface area contributed by atoms with Crippen LogP contribution in [0.2, 0.25) is 0 Å². The van der Waals surface area contributed by atoms with Crippen LogP contribution in [0.4, 0.5) is 0 Å². The maximum Gasteiger partial charge on any atom is 0.0667 e. The average Bonchev–Trinajstić information content (AvgIpc) is 2.74. The second-order valence-corrected chi connectivity index (χ2v) is 3.98. The number of aryl methyl sites for hydroxylation is 1. The van der Waals surface area contributed by atoms with E-state index < -0.39 is 0 Å². The van der Waals surface area contributed by atoms with Gasteiger partial charge in [0.1, 0.15) is 0 Å². The van der Waals surface area contributed by atoms with E-state index in [4.69, 9.17) is 0 Å². The summed E-state index contributed by atoms with van der Waals surface area (Å²) in [5.41, 5.74) is 3.74. The number of pyridine rings is 1. The molecular weight excluding hydrogens is 196 g/mol. The maximum atomic E-state index is 4.50. The van der Waals surface area contributed by atoms with Crippen molar-refractivity contribution < 1.29 is 0 Å². The van der Waals surface area contributed by atoms with Gasteiger partial charge in [0.15, 0.2) is 0 Å². The molecule has 0 aliphatic rings. The fourth-order valence-corrected chi connectivity index (χ4v) is 1.56. The molecular formula is C14H22N2. The molecule has 2 nitrogen and oxygen atoms in total. The lowest BCUT2D eigenvalue weighted by atomic mass is 10.1. The maximum absolute atomic E-state index is 4.50. The van der Waals surface area contributed by atoms with Gasteiger partial charge in [0.2, 0.25) is 0 Å². The summed E-state index contributed by atoms with van der Waals surface area (Å²) in [5.74, 6) is 0.500. The predicted molar refractivity (Wildman–Crippen MR) is 70.0 cm³/mol. The molecule has 0 atom stereocenters. The first kappa shape index (κ1) is 12.8. The van der Waals surface area contributed by atoms with Gasteiger partial charge in [-0.1, -0.05) is 34.6 Å². The zero-order valence-electron chi connectivity index (χ0n) is 11.0.